The zero-order valence-electron chi connectivity index (χ0n) is 7.65. The van der Waals surface area contributed by atoms with Crippen molar-refractivity contribution in [1.29, 1.82) is 0 Å². The summed E-state index contributed by atoms with van der Waals surface area (Å²) in [7, 11) is 0. The van der Waals surface area contributed by atoms with Crippen molar-refractivity contribution >= 4 is 0 Å². The van der Waals surface area contributed by atoms with Crippen molar-refractivity contribution < 1.29 is 5.11 Å². The highest BCUT2D eigenvalue weighted by molar-refractivity contribution is 5.50. The molecule has 1 aromatic carbocycles. The van der Waals surface area contributed by atoms with Crippen LogP contribution in [0.1, 0.15) is 28.7 Å². The van der Waals surface area contributed by atoms with Gasteiger partial charge in [0.25, 0.3) is 0 Å². The Kier molecular flexibility index (Phi) is 1.60. The Hall–Kier alpha value is -0.980. The van der Waals surface area contributed by atoms with Gasteiger partial charge in [0.05, 0.1) is 0 Å². The van der Waals surface area contributed by atoms with Gasteiger partial charge in [-0.1, -0.05) is 6.07 Å². The summed E-state index contributed by atoms with van der Waals surface area (Å²) in [5, 5.41) is 9.80. The fraction of sp³-hybridized carbons (Fsp3) is 0.455. The summed E-state index contributed by atoms with van der Waals surface area (Å²) in [4.78, 5) is 0. The minimum atomic E-state index is 0.544. The molecule has 1 aromatic rings. The topological polar surface area (TPSA) is 20.2 Å². The first-order valence-corrected chi connectivity index (χ1v) is 4.51. The number of hydrogen-bond acceptors (Lipinski definition) is 1. The van der Waals surface area contributed by atoms with Crippen molar-refractivity contribution in [2.45, 2.75) is 33.1 Å². The molecule has 0 radical (unpaired) electrons. The first-order chi connectivity index (χ1) is 5.70. The van der Waals surface area contributed by atoms with E-state index in [1.54, 1.807) is 0 Å². The molecule has 1 heteroatoms. The maximum atomic E-state index is 9.80. The van der Waals surface area contributed by atoms with E-state index in [0.717, 1.165) is 18.4 Å². The summed E-state index contributed by atoms with van der Waals surface area (Å²) in [6.45, 7) is 4.05. The predicted octanol–water partition coefficient (Wildman–Crippen LogP) is 2.50. The van der Waals surface area contributed by atoms with E-state index >= 15 is 0 Å². The van der Waals surface area contributed by atoms with Gasteiger partial charge in [0, 0.05) is 0 Å². The normalized spacial score (nSPS) is 14.8. The van der Waals surface area contributed by atoms with Crippen LogP contribution in [-0.2, 0) is 12.8 Å². The zero-order chi connectivity index (χ0) is 8.72. The molecule has 1 aliphatic rings. The number of hydrogen-bond donors (Lipinski definition) is 1. The van der Waals surface area contributed by atoms with E-state index in [1.807, 2.05) is 6.92 Å². The lowest BCUT2D eigenvalue weighted by molar-refractivity contribution is 0.464. The molecule has 1 nitrogen and oxygen atoms in total. The Morgan fingerprint density at radius 1 is 1.25 bits per heavy atom. The van der Waals surface area contributed by atoms with Gasteiger partial charge in [-0.05, 0) is 55.4 Å². The highest BCUT2D eigenvalue weighted by atomic mass is 16.3. The van der Waals surface area contributed by atoms with E-state index < -0.39 is 0 Å². The second kappa shape index (κ2) is 2.51. The van der Waals surface area contributed by atoms with Crippen molar-refractivity contribution in [3.05, 3.63) is 28.3 Å². The molecular formula is C11H14O. The van der Waals surface area contributed by atoms with E-state index in [9.17, 15) is 5.11 Å². The Morgan fingerprint density at radius 2 is 2.00 bits per heavy atom. The predicted molar refractivity (Wildman–Crippen MR) is 49.6 cm³/mol. The van der Waals surface area contributed by atoms with Crippen molar-refractivity contribution in [2.24, 2.45) is 0 Å². The number of rotatable bonds is 0. The summed E-state index contributed by atoms with van der Waals surface area (Å²) < 4.78 is 0. The molecule has 0 fully saturated rings. The number of phenols is 1. The molecule has 2 rings (SSSR count). The minimum Gasteiger partial charge on any atom is -0.507 e. The van der Waals surface area contributed by atoms with Gasteiger partial charge in [0.1, 0.15) is 5.75 Å². The van der Waals surface area contributed by atoms with E-state index in [2.05, 4.69) is 13.0 Å². The van der Waals surface area contributed by atoms with Crippen molar-refractivity contribution in [1.82, 2.24) is 0 Å². The lowest BCUT2D eigenvalue weighted by Gasteiger charge is -2.08. The van der Waals surface area contributed by atoms with E-state index in [0.29, 0.717) is 5.75 Å². The van der Waals surface area contributed by atoms with Crippen LogP contribution in [-0.4, -0.2) is 5.11 Å². The van der Waals surface area contributed by atoms with Gasteiger partial charge in [-0.25, -0.2) is 0 Å². The molecular weight excluding hydrogens is 148 g/mol. The van der Waals surface area contributed by atoms with Crippen LogP contribution in [0.4, 0.5) is 0 Å². The monoisotopic (exact) mass is 162 g/mol. The summed E-state index contributed by atoms with van der Waals surface area (Å²) in [6, 6.07) is 2.22. The maximum Gasteiger partial charge on any atom is 0.122 e. The van der Waals surface area contributed by atoms with Crippen LogP contribution in [0.2, 0.25) is 0 Å². The smallest absolute Gasteiger partial charge is 0.122 e. The first-order valence-electron chi connectivity index (χ1n) is 4.51. The molecule has 0 atom stereocenters. The molecule has 64 valence electrons. The largest absolute Gasteiger partial charge is 0.507 e. The molecule has 12 heavy (non-hydrogen) atoms. The van der Waals surface area contributed by atoms with Crippen LogP contribution >= 0.6 is 0 Å². The lowest BCUT2D eigenvalue weighted by Crippen LogP contribution is -1.90. The van der Waals surface area contributed by atoms with E-state index in [4.69, 9.17) is 0 Å². The molecule has 0 spiro atoms. The summed E-state index contributed by atoms with van der Waals surface area (Å²) in [5.74, 6) is 0.544. The summed E-state index contributed by atoms with van der Waals surface area (Å²) in [6.07, 6.45) is 3.40. The molecule has 1 aliphatic carbocycles. The summed E-state index contributed by atoms with van der Waals surface area (Å²) >= 11 is 0. The van der Waals surface area contributed by atoms with E-state index in [1.165, 1.54) is 23.1 Å². The van der Waals surface area contributed by atoms with Crippen LogP contribution in [0.25, 0.3) is 0 Å². The molecule has 0 amide bonds. The fourth-order valence-electron chi connectivity index (χ4n) is 1.98. The molecule has 0 saturated heterocycles. The SMILES string of the molecule is Cc1cc2c(c(O)c1C)CCC2. The average molecular weight is 162 g/mol. The van der Waals surface area contributed by atoms with Gasteiger partial charge < -0.3 is 5.11 Å². The Morgan fingerprint density at radius 3 is 2.75 bits per heavy atom. The van der Waals surface area contributed by atoms with Gasteiger partial charge in [-0.2, -0.15) is 0 Å². The third kappa shape index (κ3) is 0.927. The van der Waals surface area contributed by atoms with E-state index in [-0.39, 0.29) is 0 Å². The second-order valence-corrected chi connectivity index (χ2v) is 3.66. The van der Waals surface area contributed by atoms with Crippen molar-refractivity contribution in [3.63, 3.8) is 0 Å². The van der Waals surface area contributed by atoms with Crippen LogP contribution in [0, 0.1) is 13.8 Å². The Bertz CT molecular complexity index is 326. The minimum absolute atomic E-state index is 0.544. The lowest BCUT2D eigenvalue weighted by atomic mass is 10.0. The van der Waals surface area contributed by atoms with Gasteiger partial charge in [0.15, 0.2) is 0 Å². The highest BCUT2D eigenvalue weighted by Gasteiger charge is 2.17. The second-order valence-electron chi connectivity index (χ2n) is 3.66. The molecule has 0 aromatic heterocycles. The Balaban J connectivity index is 2.67. The standard InChI is InChI=1S/C11H14O/c1-7-6-9-4-3-5-10(9)11(12)8(7)2/h6,12H,3-5H2,1-2H3. The number of fused-ring (bicyclic) bond motifs is 1. The van der Waals surface area contributed by atoms with Crippen LogP contribution < -0.4 is 0 Å². The van der Waals surface area contributed by atoms with Crippen LogP contribution in [0.3, 0.4) is 0 Å². The molecule has 0 saturated carbocycles. The zero-order valence-corrected chi connectivity index (χ0v) is 7.65. The molecule has 0 aliphatic heterocycles. The fourth-order valence-corrected chi connectivity index (χ4v) is 1.98. The maximum absolute atomic E-state index is 9.80. The van der Waals surface area contributed by atoms with Gasteiger partial charge in [-0.3, -0.25) is 0 Å². The quantitative estimate of drug-likeness (QED) is 0.621. The number of benzene rings is 1. The van der Waals surface area contributed by atoms with Gasteiger partial charge in [-0.15, -0.1) is 0 Å². The third-order valence-corrected chi connectivity index (χ3v) is 2.88. The van der Waals surface area contributed by atoms with Gasteiger partial charge in [0.2, 0.25) is 0 Å². The number of aryl methyl sites for hydroxylation is 2. The molecule has 0 bridgehead atoms. The number of aromatic hydroxyl groups is 1. The highest BCUT2D eigenvalue weighted by Crippen LogP contribution is 2.34. The van der Waals surface area contributed by atoms with Crippen LogP contribution in [0.15, 0.2) is 6.07 Å². The molecule has 0 unspecified atom stereocenters. The average Bonchev–Trinajstić information content (AvgIpc) is 2.48. The molecule has 1 N–H and O–H groups in total. The van der Waals surface area contributed by atoms with Crippen LogP contribution in [0.5, 0.6) is 5.75 Å². The number of phenolic OH excluding ortho intramolecular Hbond substituents is 1. The van der Waals surface area contributed by atoms with Crippen molar-refractivity contribution in [2.75, 3.05) is 0 Å². The molecule has 0 heterocycles. The van der Waals surface area contributed by atoms with Crippen molar-refractivity contribution in [3.8, 4) is 5.75 Å². The summed E-state index contributed by atoms with van der Waals surface area (Å²) in [5.41, 5.74) is 4.82. The first kappa shape index (κ1) is 7.66. The van der Waals surface area contributed by atoms with Gasteiger partial charge >= 0.3 is 0 Å². The Labute approximate surface area is 73.0 Å². The third-order valence-electron chi connectivity index (χ3n) is 2.88.